The van der Waals surface area contributed by atoms with E-state index in [4.69, 9.17) is 9.72 Å². The number of nitrogens with zero attached hydrogens (tertiary/aromatic N) is 5. The summed E-state index contributed by atoms with van der Waals surface area (Å²) in [6.07, 6.45) is 10.7. The fraction of sp³-hybridized carbons (Fsp3) is 0.633. The molecule has 10 heteroatoms. The van der Waals surface area contributed by atoms with Gasteiger partial charge < -0.3 is 29.9 Å². The van der Waals surface area contributed by atoms with Gasteiger partial charge in [-0.15, -0.1) is 0 Å². The molecular formula is C30H43N7O3. The van der Waals surface area contributed by atoms with Crippen LogP contribution in [0.3, 0.4) is 0 Å². The molecule has 2 aromatic rings. The number of rotatable bonds is 7. The summed E-state index contributed by atoms with van der Waals surface area (Å²) in [6.45, 7) is 2.78. The van der Waals surface area contributed by atoms with Crippen molar-refractivity contribution in [3.63, 3.8) is 0 Å². The van der Waals surface area contributed by atoms with E-state index in [9.17, 15) is 9.90 Å². The Morgan fingerprint density at radius 2 is 1.85 bits per heavy atom. The van der Waals surface area contributed by atoms with E-state index >= 15 is 0 Å². The van der Waals surface area contributed by atoms with Crippen LogP contribution in [-0.4, -0.2) is 78.8 Å². The van der Waals surface area contributed by atoms with Gasteiger partial charge >= 0.3 is 0 Å². The molecule has 1 amide bonds. The molecule has 2 aliphatic carbocycles. The number of nitrogens with one attached hydrogen (secondary N) is 2. The summed E-state index contributed by atoms with van der Waals surface area (Å²) >= 11 is 0. The average Bonchev–Trinajstić information content (AvgIpc) is 3.45. The number of hydrogen-bond acceptors (Lipinski definition) is 9. The van der Waals surface area contributed by atoms with Crippen molar-refractivity contribution in [1.29, 1.82) is 0 Å². The summed E-state index contributed by atoms with van der Waals surface area (Å²) in [5.74, 6) is 2.09. The van der Waals surface area contributed by atoms with Gasteiger partial charge in [0.25, 0.3) is 0 Å². The van der Waals surface area contributed by atoms with Crippen molar-refractivity contribution in [2.45, 2.75) is 76.1 Å². The number of carbonyl (C=O) groups is 1. The number of methoxy groups -OCH3 is 1. The highest BCUT2D eigenvalue weighted by Crippen LogP contribution is 2.49. The Morgan fingerprint density at radius 3 is 2.52 bits per heavy atom. The molecule has 0 radical (unpaired) electrons. The number of aliphatic hydroxyl groups is 1. The number of anilines is 4. The zero-order valence-electron chi connectivity index (χ0n) is 24.0. The molecule has 1 aromatic heterocycles. The molecule has 1 saturated heterocycles. The third kappa shape index (κ3) is 5.12. The Balaban J connectivity index is 1.24. The quantitative estimate of drug-likeness (QED) is 0.445. The third-order valence-electron chi connectivity index (χ3n) is 9.59. The lowest BCUT2D eigenvalue weighted by Gasteiger charge is -2.44. The van der Waals surface area contributed by atoms with Crippen LogP contribution in [0.25, 0.3) is 0 Å². The van der Waals surface area contributed by atoms with Crippen LogP contribution in [0.15, 0.2) is 24.4 Å². The fourth-order valence-electron chi connectivity index (χ4n) is 6.90. The number of piperidine rings is 1. The molecular weight excluding hydrogens is 506 g/mol. The van der Waals surface area contributed by atoms with Gasteiger partial charge in [-0.3, -0.25) is 10.1 Å². The number of fused-ring (bicyclic) bond motifs is 1. The number of hydrogen-bond donors (Lipinski definition) is 3. The van der Waals surface area contributed by atoms with Gasteiger partial charge in [-0.1, -0.05) is 25.3 Å². The number of carbonyl (C=O) groups excluding carboxylic acids is 1. The van der Waals surface area contributed by atoms with Crippen LogP contribution < -0.4 is 25.2 Å². The van der Waals surface area contributed by atoms with Gasteiger partial charge in [0.2, 0.25) is 11.9 Å². The van der Waals surface area contributed by atoms with Crippen molar-refractivity contribution in [3.8, 4) is 5.75 Å². The molecule has 40 heavy (non-hydrogen) atoms. The zero-order chi connectivity index (χ0) is 27.9. The predicted molar refractivity (Wildman–Crippen MR) is 156 cm³/mol. The third-order valence-corrected chi connectivity index (χ3v) is 9.59. The molecule has 1 atom stereocenters. The molecule has 1 spiro atoms. The summed E-state index contributed by atoms with van der Waals surface area (Å²) in [4.78, 5) is 29.7. The van der Waals surface area contributed by atoms with E-state index in [0.717, 1.165) is 87.3 Å². The maximum Gasteiger partial charge on any atom is 0.234 e. The first kappa shape index (κ1) is 27.2. The Labute approximate surface area is 237 Å². The van der Waals surface area contributed by atoms with Gasteiger partial charge in [0.05, 0.1) is 24.4 Å². The minimum atomic E-state index is -0.771. The second-order valence-electron chi connectivity index (χ2n) is 12.2. The van der Waals surface area contributed by atoms with Crippen LogP contribution in [0.1, 0.15) is 69.6 Å². The second-order valence-corrected chi connectivity index (χ2v) is 12.2. The first-order valence-corrected chi connectivity index (χ1v) is 14.9. The molecule has 3 N–H and O–H groups in total. The Kier molecular flexibility index (Phi) is 7.58. The van der Waals surface area contributed by atoms with Crippen LogP contribution in [0.5, 0.6) is 5.75 Å². The lowest BCUT2D eigenvalue weighted by molar-refractivity contribution is -0.131. The minimum Gasteiger partial charge on any atom is -0.495 e. The summed E-state index contributed by atoms with van der Waals surface area (Å²) in [5, 5.41) is 17.6. The number of likely N-dealkylation sites (tertiary alicyclic amines) is 1. The number of amides is 1. The van der Waals surface area contributed by atoms with Gasteiger partial charge in [-0.2, -0.15) is 4.98 Å². The molecule has 10 nitrogen and oxygen atoms in total. The van der Waals surface area contributed by atoms with Crippen LogP contribution in [-0.2, 0) is 4.79 Å². The van der Waals surface area contributed by atoms with Crippen molar-refractivity contribution in [1.82, 2.24) is 20.2 Å². The van der Waals surface area contributed by atoms with E-state index in [1.165, 1.54) is 12.8 Å². The first-order valence-electron chi connectivity index (χ1n) is 14.9. The molecule has 3 heterocycles. The fourth-order valence-corrected chi connectivity index (χ4v) is 6.90. The SMILES string of the molecule is COc1cc(C(O)NC2CCN(C)CC2)ccc1Nc1ncc2c(n1)N(C1CCCC1)CC1(CCC1)C(=O)N2C. The maximum absolute atomic E-state index is 13.5. The molecule has 1 unspecified atom stereocenters. The van der Waals surface area contributed by atoms with Gasteiger partial charge in [-0.05, 0) is 76.4 Å². The maximum atomic E-state index is 13.5. The average molecular weight is 550 g/mol. The molecule has 4 aliphatic rings. The number of aromatic nitrogens is 2. The van der Waals surface area contributed by atoms with Crippen molar-refractivity contribution in [2.24, 2.45) is 5.41 Å². The van der Waals surface area contributed by atoms with Crippen molar-refractivity contribution >= 4 is 29.0 Å². The standard InChI is InChI=1S/C30H43N7O3/c1-35-15-11-21(12-16-35)32-27(38)20-9-10-23(25(17-20)40-3)33-29-31-18-24-26(34-29)37(22-7-4-5-8-22)19-30(13-6-14-30)28(39)36(24)2/h9-10,17-18,21-22,27,32,38H,4-8,11-16,19H2,1-3H3,(H,31,33,34). The Bertz CT molecular complexity index is 1220. The number of aliphatic hydroxyl groups excluding tert-OH is 1. The van der Waals surface area contributed by atoms with Gasteiger partial charge in [0.1, 0.15) is 17.7 Å². The van der Waals surface area contributed by atoms with E-state index in [1.54, 1.807) is 18.2 Å². The first-order chi connectivity index (χ1) is 19.4. The van der Waals surface area contributed by atoms with Crippen molar-refractivity contribution < 1.29 is 14.6 Å². The number of benzene rings is 1. The zero-order valence-corrected chi connectivity index (χ0v) is 24.0. The highest BCUT2D eigenvalue weighted by molar-refractivity contribution is 6.01. The highest BCUT2D eigenvalue weighted by Gasteiger charge is 2.51. The van der Waals surface area contributed by atoms with E-state index < -0.39 is 6.23 Å². The Hall–Kier alpha value is -2.95. The van der Waals surface area contributed by atoms with E-state index in [1.807, 2.05) is 25.2 Å². The van der Waals surface area contributed by atoms with Crippen LogP contribution in [0, 0.1) is 5.41 Å². The summed E-state index contributed by atoms with van der Waals surface area (Å²) in [5.41, 5.74) is 1.94. The van der Waals surface area contributed by atoms with E-state index in [-0.39, 0.29) is 17.4 Å². The van der Waals surface area contributed by atoms with E-state index in [2.05, 4.69) is 32.5 Å². The molecule has 3 fully saturated rings. The molecule has 2 aliphatic heterocycles. The molecule has 0 bridgehead atoms. The van der Waals surface area contributed by atoms with Crippen molar-refractivity contribution in [2.75, 3.05) is 56.0 Å². The predicted octanol–water partition coefficient (Wildman–Crippen LogP) is 3.80. The van der Waals surface area contributed by atoms with Crippen molar-refractivity contribution in [3.05, 3.63) is 30.0 Å². The summed E-state index contributed by atoms with van der Waals surface area (Å²) in [6, 6.07) is 6.34. The molecule has 6 rings (SSSR count). The minimum absolute atomic E-state index is 0.189. The van der Waals surface area contributed by atoms with Crippen LogP contribution in [0.2, 0.25) is 0 Å². The normalized spacial score (nSPS) is 22.6. The smallest absolute Gasteiger partial charge is 0.234 e. The molecule has 2 saturated carbocycles. The molecule has 216 valence electrons. The van der Waals surface area contributed by atoms with Gasteiger partial charge in [0, 0.05) is 25.7 Å². The van der Waals surface area contributed by atoms with Crippen LogP contribution in [0.4, 0.5) is 23.1 Å². The van der Waals surface area contributed by atoms with E-state index in [0.29, 0.717) is 17.7 Å². The highest BCUT2D eigenvalue weighted by atomic mass is 16.5. The summed E-state index contributed by atoms with van der Waals surface area (Å²) < 4.78 is 5.70. The lowest BCUT2D eigenvalue weighted by atomic mass is 9.67. The molecule has 1 aromatic carbocycles. The Morgan fingerprint density at radius 1 is 1.10 bits per heavy atom. The topological polar surface area (TPSA) is 106 Å². The number of ether oxygens (including phenoxy) is 1. The van der Waals surface area contributed by atoms with Gasteiger partial charge in [-0.25, -0.2) is 4.98 Å². The van der Waals surface area contributed by atoms with Gasteiger partial charge in [0.15, 0.2) is 5.82 Å². The largest absolute Gasteiger partial charge is 0.495 e. The lowest BCUT2D eigenvalue weighted by Crippen LogP contribution is -2.52. The summed E-state index contributed by atoms with van der Waals surface area (Å²) in [7, 11) is 5.62. The second kappa shape index (κ2) is 11.1. The van der Waals surface area contributed by atoms with Crippen LogP contribution >= 0.6 is 0 Å². The monoisotopic (exact) mass is 549 g/mol.